The Balaban J connectivity index is 3.81. The second-order valence-electron chi connectivity index (χ2n) is 1.90. The maximum absolute atomic E-state index is 12.5. The molecular weight excluding hydrogens is 139 g/mol. The Kier molecular flexibility index (Phi) is 3.95. The number of esters is 1. The summed E-state index contributed by atoms with van der Waals surface area (Å²) in [6.45, 7) is 1.58. The van der Waals surface area contributed by atoms with Gasteiger partial charge in [0.25, 0.3) is 0 Å². The zero-order valence-corrected chi connectivity index (χ0v) is 6.00. The maximum Gasteiger partial charge on any atom is 0.343 e. The SMILES string of the molecule is CCC(O)C(F)C(=O)OC. The van der Waals surface area contributed by atoms with Crippen LogP contribution in [0.4, 0.5) is 4.39 Å². The summed E-state index contributed by atoms with van der Waals surface area (Å²) in [5.41, 5.74) is 0. The topological polar surface area (TPSA) is 46.5 Å². The van der Waals surface area contributed by atoms with Gasteiger partial charge in [0.1, 0.15) is 0 Å². The number of hydrogen-bond acceptors (Lipinski definition) is 3. The molecule has 0 aromatic rings. The molecule has 0 saturated heterocycles. The van der Waals surface area contributed by atoms with Crippen LogP contribution >= 0.6 is 0 Å². The monoisotopic (exact) mass is 150 g/mol. The first-order valence-electron chi connectivity index (χ1n) is 3.03. The van der Waals surface area contributed by atoms with Gasteiger partial charge in [-0.05, 0) is 6.42 Å². The summed E-state index contributed by atoms with van der Waals surface area (Å²) in [7, 11) is 1.08. The number of hydrogen-bond donors (Lipinski definition) is 1. The van der Waals surface area contributed by atoms with Crippen molar-refractivity contribution in [1.29, 1.82) is 0 Å². The Morgan fingerprint density at radius 1 is 1.80 bits per heavy atom. The van der Waals surface area contributed by atoms with Crippen molar-refractivity contribution in [1.82, 2.24) is 0 Å². The van der Waals surface area contributed by atoms with Crippen molar-refractivity contribution < 1.29 is 19.0 Å². The first-order chi connectivity index (χ1) is 4.63. The fourth-order valence-corrected chi connectivity index (χ4v) is 0.477. The Bertz CT molecular complexity index is 116. The molecule has 0 amide bonds. The predicted molar refractivity (Wildman–Crippen MR) is 33.2 cm³/mol. The standard InChI is InChI=1S/C6H11FO3/c1-3-4(8)5(7)6(9)10-2/h4-5,8H,3H2,1-2H3. The maximum atomic E-state index is 12.5. The van der Waals surface area contributed by atoms with Gasteiger partial charge in [-0.1, -0.05) is 6.92 Å². The van der Waals surface area contributed by atoms with E-state index in [4.69, 9.17) is 5.11 Å². The summed E-state index contributed by atoms with van der Waals surface area (Å²) in [5, 5.41) is 8.75. The largest absolute Gasteiger partial charge is 0.467 e. The molecule has 0 aliphatic heterocycles. The third-order valence-corrected chi connectivity index (χ3v) is 1.18. The summed E-state index contributed by atoms with van der Waals surface area (Å²) in [4.78, 5) is 10.4. The zero-order valence-electron chi connectivity index (χ0n) is 6.00. The van der Waals surface area contributed by atoms with E-state index >= 15 is 0 Å². The molecule has 2 unspecified atom stereocenters. The average Bonchev–Trinajstić information content (AvgIpc) is 2.00. The number of rotatable bonds is 3. The Hall–Kier alpha value is -0.640. The summed E-state index contributed by atoms with van der Waals surface area (Å²) >= 11 is 0. The Labute approximate surface area is 58.8 Å². The Morgan fingerprint density at radius 2 is 2.30 bits per heavy atom. The van der Waals surface area contributed by atoms with E-state index in [1.165, 1.54) is 0 Å². The van der Waals surface area contributed by atoms with Crippen LogP contribution in [-0.4, -0.2) is 30.5 Å². The van der Waals surface area contributed by atoms with Crippen LogP contribution in [0.2, 0.25) is 0 Å². The van der Waals surface area contributed by atoms with Crippen molar-refractivity contribution in [2.45, 2.75) is 25.6 Å². The van der Waals surface area contributed by atoms with Crippen molar-refractivity contribution in [3.05, 3.63) is 0 Å². The van der Waals surface area contributed by atoms with Crippen molar-refractivity contribution in [3.8, 4) is 0 Å². The molecular formula is C6H11FO3. The molecule has 10 heavy (non-hydrogen) atoms. The van der Waals surface area contributed by atoms with E-state index in [9.17, 15) is 9.18 Å². The van der Waals surface area contributed by atoms with Crippen molar-refractivity contribution >= 4 is 5.97 Å². The first kappa shape index (κ1) is 9.36. The molecule has 60 valence electrons. The lowest BCUT2D eigenvalue weighted by Gasteiger charge is -2.10. The molecule has 0 spiro atoms. The minimum absolute atomic E-state index is 0.205. The van der Waals surface area contributed by atoms with Gasteiger partial charge in [0.15, 0.2) is 0 Å². The lowest BCUT2D eigenvalue weighted by atomic mass is 10.2. The fraction of sp³-hybridized carbons (Fsp3) is 0.833. The van der Waals surface area contributed by atoms with E-state index in [2.05, 4.69) is 4.74 Å². The summed E-state index contributed by atoms with van der Waals surface area (Å²) in [6.07, 6.45) is -2.95. The van der Waals surface area contributed by atoms with Crippen molar-refractivity contribution in [3.63, 3.8) is 0 Å². The van der Waals surface area contributed by atoms with E-state index in [0.29, 0.717) is 0 Å². The number of aliphatic hydroxyl groups is 1. The fourth-order valence-electron chi connectivity index (χ4n) is 0.477. The number of carbonyl (C=O) groups excluding carboxylic acids is 1. The molecule has 2 atom stereocenters. The average molecular weight is 150 g/mol. The minimum Gasteiger partial charge on any atom is -0.467 e. The normalized spacial score (nSPS) is 16.0. The third kappa shape index (κ3) is 2.31. The lowest BCUT2D eigenvalue weighted by molar-refractivity contribution is -0.150. The number of halogens is 1. The van der Waals surface area contributed by atoms with Gasteiger partial charge in [0.2, 0.25) is 6.17 Å². The van der Waals surface area contributed by atoms with Gasteiger partial charge in [0.05, 0.1) is 13.2 Å². The summed E-state index contributed by atoms with van der Waals surface area (Å²) < 4.78 is 16.5. The molecule has 1 N–H and O–H groups in total. The molecule has 0 aliphatic rings. The summed E-state index contributed by atoms with van der Waals surface area (Å²) in [5.74, 6) is -1.02. The highest BCUT2D eigenvalue weighted by atomic mass is 19.1. The van der Waals surface area contributed by atoms with Crippen LogP contribution in [0.5, 0.6) is 0 Å². The number of aliphatic hydroxyl groups excluding tert-OH is 1. The molecule has 0 rings (SSSR count). The molecule has 0 radical (unpaired) electrons. The molecule has 0 saturated carbocycles. The highest BCUT2D eigenvalue weighted by molar-refractivity contribution is 5.74. The molecule has 0 fully saturated rings. The van der Waals surface area contributed by atoms with Gasteiger partial charge in [0, 0.05) is 0 Å². The van der Waals surface area contributed by atoms with Gasteiger partial charge in [-0.25, -0.2) is 9.18 Å². The van der Waals surface area contributed by atoms with E-state index in [-0.39, 0.29) is 6.42 Å². The minimum atomic E-state index is -1.91. The van der Waals surface area contributed by atoms with Gasteiger partial charge < -0.3 is 9.84 Å². The van der Waals surface area contributed by atoms with Crippen LogP contribution in [0.15, 0.2) is 0 Å². The van der Waals surface area contributed by atoms with Gasteiger partial charge >= 0.3 is 5.97 Å². The smallest absolute Gasteiger partial charge is 0.343 e. The van der Waals surface area contributed by atoms with Gasteiger partial charge in [-0.15, -0.1) is 0 Å². The second-order valence-corrected chi connectivity index (χ2v) is 1.90. The number of ether oxygens (including phenoxy) is 1. The van der Waals surface area contributed by atoms with Crippen LogP contribution in [0.25, 0.3) is 0 Å². The van der Waals surface area contributed by atoms with Crippen molar-refractivity contribution in [2.24, 2.45) is 0 Å². The summed E-state index contributed by atoms with van der Waals surface area (Å²) in [6, 6.07) is 0. The molecule has 0 heterocycles. The van der Waals surface area contributed by atoms with Crippen LogP contribution in [-0.2, 0) is 9.53 Å². The molecule has 0 bridgehead atoms. The molecule has 0 aliphatic carbocycles. The molecule has 4 heteroatoms. The first-order valence-corrected chi connectivity index (χ1v) is 3.03. The van der Waals surface area contributed by atoms with Crippen LogP contribution in [0.1, 0.15) is 13.3 Å². The number of alkyl halides is 1. The highest BCUT2D eigenvalue weighted by Crippen LogP contribution is 2.04. The molecule has 0 aromatic carbocycles. The number of methoxy groups -OCH3 is 1. The molecule has 0 aromatic heterocycles. The van der Waals surface area contributed by atoms with Gasteiger partial charge in [-0.2, -0.15) is 0 Å². The quantitative estimate of drug-likeness (QED) is 0.587. The highest BCUT2D eigenvalue weighted by Gasteiger charge is 2.25. The lowest BCUT2D eigenvalue weighted by Crippen LogP contribution is -2.30. The van der Waals surface area contributed by atoms with Crippen LogP contribution in [0.3, 0.4) is 0 Å². The Morgan fingerprint density at radius 3 is 2.60 bits per heavy atom. The van der Waals surface area contributed by atoms with Crippen molar-refractivity contribution in [2.75, 3.05) is 7.11 Å². The van der Waals surface area contributed by atoms with Gasteiger partial charge in [-0.3, -0.25) is 0 Å². The second kappa shape index (κ2) is 4.22. The third-order valence-electron chi connectivity index (χ3n) is 1.18. The van der Waals surface area contributed by atoms with E-state index in [1.807, 2.05) is 0 Å². The zero-order chi connectivity index (χ0) is 8.15. The van der Waals surface area contributed by atoms with E-state index in [0.717, 1.165) is 7.11 Å². The molecule has 3 nitrogen and oxygen atoms in total. The van der Waals surface area contributed by atoms with Crippen LogP contribution < -0.4 is 0 Å². The van der Waals surface area contributed by atoms with E-state index < -0.39 is 18.2 Å². The van der Waals surface area contributed by atoms with Crippen LogP contribution in [0, 0.1) is 0 Å². The predicted octanol–water partition coefficient (Wildman–Crippen LogP) is 0.268. The number of carbonyl (C=O) groups is 1. The van der Waals surface area contributed by atoms with E-state index in [1.54, 1.807) is 6.92 Å².